The monoisotopic (exact) mass is 539 g/mol. The molecule has 2 aromatic carbocycles. The summed E-state index contributed by atoms with van der Waals surface area (Å²) < 4.78 is 17.3. The lowest BCUT2D eigenvalue weighted by Gasteiger charge is -2.36. The van der Waals surface area contributed by atoms with E-state index in [0.717, 1.165) is 33.4 Å². The van der Waals surface area contributed by atoms with Gasteiger partial charge in [0.1, 0.15) is 0 Å². The summed E-state index contributed by atoms with van der Waals surface area (Å²) in [6.45, 7) is 4.17. The van der Waals surface area contributed by atoms with E-state index in [0.29, 0.717) is 42.1 Å². The fraction of sp³-hybridized carbons (Fsp3) is 0.357. The molecule has 0 saturated carbocycles. The molecule has 0 fully saturated rings. The Balaban J connectivity index is 1.76. The summed E-state index contributed by atoms with van der Waals surface area (Å²) >= 11 is 3.54. The van der Waals surface area contributed by atoms with Crippen molar-refractivity contribution in [3.8, 4) is 11.5 Å². The highest BCUT2D eigenvalue weighted by Gasteiger charge is 2.41. The zero-order chi connectivity index (χ0) is 25.1. The molecule has 1 heterocycles. The number of allylic oxidation sites excluding steroid dienone is 3. The predicted molar refractivity (Wildman–Crippen MR) is 138 cm³/mol. The minimum absolute atomic E-state index is 0.0156. The smallest absolute Gasteiger partial charge is 0.336 e. The van der Waals surface area contributed by atoms with Gasteiger partial charge in [0.2, 0.25) is 0 Å². The Bertz CT molecular complexity index is 1220. The van der Waals surface area contributed by atoms with E-state index >= 15 is 0 Å². The van der Waals surface area contributed by atoms with Gasteiger partial charge in [-0.1, -0.05) is 41.1 Å². The number of ether oxygens (including phenoxy) is 3. The Morgan fingerprint density at radius 1 is 1.06 bits per heavy atom. The van der Waals surface area contributed by atoms with Crippen LogP contribution in [-0.4, -0.2) is 32.6 Å². The molecule has 0 aromatic heterocycles. The zero-order valence-electron chi connectivity index (χ0n) is 20.4. The Morgan fingerprint density at radius 3 is 2.51 bits per heavy atom. The van der Waals surface area contributed by atoms with Gasteiger partial charge in [-0.3, -0.25) is 4.79 Å². The largest absolute Gasteiger partial charge is 0.493 e. The molecular formula is C28H30BrNO5. The van der Waals surface area contributed by atoms with E-state index in [1.807, 2.05) is 56.3 Å². The topological polar surface area (TPSA) is 73.9 Å². The molecule has 184 valence electrons. The average Bonchev–Trinajstić information content (AvgIpc) is 2.85. The Labute approximate surface area is 214 Å². The highest BCUT2D eigenvalue weighted by Crippen LogP contribution is 2.46. The molecule has 0 unspecified atom stereocenters. The van der Waals surface area contributed by atoms with Crippen LogP contribution in [-0.2, 0) is 14.3 Å². The maximum absolute atomic E-state index is 13.7. The fourth-order valence-electron chi connectivity index (χ4n) is 4.94. The van der Waals surface area contributed by atoms with Crippen molar-refractivity contribution in [2.45, 2.75) is 44.9 Å². The van der Waals surface area contributed by atoms with Gasteiger partial charge in [0.05, 0.1) is 26.4 Å². The van der Waals surface area contributed by atoms with E-state index in [4.69, 9.17) is 14.2 Å². The van der Waals surface area contributed by atoms with Crippen molar-refractivity contribution in [3.05, 3.63) is 80.6 Å². The number of nitrogens with one attached hydrogen (secondary N) is 1. The number of carbonyl (C=O) groups is 2. The molecule has 0 radical (unpaired) electrons. The molecule has 0 bridgehead atoms. The first-order valence-corrected chi connectivity index (χ1v) is 12.6. The van der Waals surface area contributed by atoms with Crippen LogP contribution in [0.3, 0.4) is 0 Å². The lowest BCUT2D eigenvalue weighted by atomic mass is 9.71. The Hall–Kier alpha value is -3.06. The van der Waals surface area contributed by atoms with Crippen molar-refractivity contribution in [2.24, 2.45) is 0 Å². The van der Waals surface area contributed by atoms with Crippen LogP contribution in [0.15, 0.2) is 69.5 Å². The molecule has 0 spiro atoms. The van der Waals surface area contributed by atoms with Gasteiger partial charge in [-0.25, -0.2) is 4.79 Å². The van der Waals surface area contributed by atoms with E-state index in [1.54, 1.807) is 14.2 Å². The summed E-state index contributed by atoms with van der Waals surface area (Å²) in [4.78, 5) is 26.8. The number of Topliss-reactive ketones (excluding diaryl/α,β-unsaturated/α-hetero) is 1. The van der Waals surface area contributed by atoms with Crippen LogP contribution in [0.2, 0.25) is 0 Å². The van der Waals surface area contributed by atoms with E-state index < -0.39 is 5.92 Å². The van der Waals surface area contributed by atoms with Crippen LogP contribution >= 0.6 is 15.9 Å². The number of rotatable bonds is 7. The summed E-state index contributed by atoms with van der Waals surface area (Å²) in [6, 6.07) is 13.6. The second-order valence-electron chi connectivity index (χ2n) is 8.82. The minimum atomic E-state index is -0.480. The molecule has 7 heteroatoms. The Morgan fingerprint density at radius 2 is 1.83 bits per heavy atom. The quantitative estimate of drug-likeness (QED) is 0.449. The zero-order valence-corrected chi connectivity index (χ0v) is 22.0. The van der Waals surface area contributed by atoms with Gasteiger partial charge in [-0.2, -0.15) is 0 Å². The molecule has 1 N–H and O–H groups in total. The first-order valence-electron chi connectivity index (χ1n) is 11.8. The predicted octanol–water partition coefficient (Wildman–Crippen LogP) is 5.78. The molecule has 2 aliphatic rings. The maximum atomic E-state index is 13.7. The van der Waals surface area contributed by atoms with Crippen molar-refractivity contribution >= 4 is 27.7 Å². The van der Waals surface area contributed by atoms with Gasteiger partial charge in [0.15, 0.2) is 17.3 Å². The minimum Gasteiger partial charge on any atom is -0.493 e. The molecule has 0 amide bonds. The van der Waals surface area contributed by atoms with Crippen LogP contribution in [0.5, 0.6) is 11.5 Å². The molecule has 0 saturated heterocycles. The second kappa shape index (κ2) is 10.7. The summed E-state index contributed by atoms with van der Waals surface area (Å²) in [5, 5.41) is 3.39. The van der Waals surface area contributed by atoms with Gasteiger partial charge in [0, 0.05) is 33.8 Å². The standard InChI is InChI=1S/C28H30BrNO5/c1-5-11-35-28(32)25-16(2)30-21-13-19(17-9-10-23(33-3)24(15-17)34-4)14-22(31)27(21)26(25)18-7-6-8-20(29)12-18/h6-10,12,15,19,26,30H,5,11,13-14H2,1-4H3/t19-,26+/m0/s1. The summed E-state index contributed by atoms with van der Waals surface area (Å²) in [7, 11) is 3.21. The summed E-state index contributed by atoms with van der Waals surface area (Å²) in [5.41, 5.74) is 4.61. The highest BCUT2D eigenvalue weighted by molar-refractivity contribution is 9.10. The average molecular weight is 540 g/mol. The van der Waals surface area contributed by atoms with Crippen LogP contribution in [0.4, 0.5) is 0 Å². The first kappa shape index (κ1) is 25.0. The molecule has 6 nitrogen and oxygen atoms in total. The summed E-state index contributed by atoms with van der Waals surface area (Å²) in [5.74, 6) is 0.431. The van der Waals surface area contributed by atoms with Crippen molar-refractivity contribution in [1.29, 1.82) is 0 Å². The number of carbonyl (C=O) groups excluding carboxylic acids is 2. The molecule has 1 aliphatic heterocycles. The molecule has 1 aliphatic carbocycles. The molecule has 4 rings (SSSR count). The van der Waals surface area contributed by atoms with Crippen molar-refractivity contribution in [2.75, 3.05) is 20.8 Å². The maximum Gasteiger partial charge on any atom is 0.336 e. The molecule has 2 aromatic rings. The number of benzene rings is 2. The number of ketones is 1. The molecule has 2 atom stereocenters. The fourth-order valence-corrected chi connectivity index (χ4v) is 5.36. The first-order chi connectivity index (χ1) is 16.9. The lowest BCUT2D eigenvalue weighted by molar-refractivity contribution is -0.139. The van der Waals surface area contributed by atoms with Crippen LogP contribution in [0, 0.1) is 0 Å². The van der Waals surface area contributed by atoms with Crippen LogP contribution in [0.25, 0.3) is 0 Å². The third kappa shape index (κ3) is 5.01. The molecular weight excluding hydrogens is 510 g/mol. The van der Waals surface area contributed by atoms with E-state index in [2.05, 4.69) is 21.2 Å². The lowest BCUT2D eigenvalue weighted by Crippen LogP contribution is -2.36. The highest BCUT2D eigenvalue weighted by atomic mass is 79.9. The molecule has 35 heavy (non-hydrogen) atoms. The van der Waals surface area contributed by atoms with Crippen molar-refractivity contribution in [1.82, 2.24) is 5.32 Å². The van der Waals surface area contributed by atoms with E-state index in [1.165, 1.54) is 0 Å². The SMILES string of the molecule is CCCOC(=O)C1=C(C)NC2=C(C(=O)C[C@@H](c3ccc(OC)c(OC)c3)C2)[C@@H]1c1cccc(Br)c1. The Kier molecular flexibility index (Phi) is 7.65. The van der Waals surface area contributed by atoms with Gasteiger partial charge in [-0.15, -0.1) is 0 Å². The van der Waals surface area contributed by atoms with Crippen molar-refractivity contribution in [3.63, 3.8) is 0 Å². The number of esters is 1. The number of dihydropyridines is 1. The third-order valence-corrected chi connectivity index (χ3v) is 7.04. The van der Waals surface area contributed by atoms with Gasteiger partial charge in [-0.05, 0) is 61.1 Å². The third-order valence-electron chi connectivity index (χ3n) is 6.55. The second-order valence-corrected chi connectivity index (χ2v) is 9.74. The number of methoxy groups -OCH3 is 2. The normalized spacial score (nSPS) is 19.7. The number of halogens is 1. The number of hydrogen-bond acceptors (Lipinski definition) is 6. The van der Waals surface area contributed by atoms with Crippen LogP contribution in [0.1, 0.15) is 56.1 Å². The van der Waals surface area contributed by atoms with E-state index in [-0.39, 0.29) is 17.7 Å². The number of hydrogen-bond donors (Lipinski definition) is 1. The van der Waals surface area contributed by atoms with Crippen LogP contribution < -0.4 is 14.8 Å². The van der Waals surface area contributed by atoms with Crippen molar-refractivity contribution < 1.29 is 23.8 Å². The summed E-state index contributed by atoms with van der Waals surface area (Å²) in [6.07, 6.45) is 1.72. The van der Waals surface area contributed by atoms with Gasteiger partial charge < -0.3 is 19.5 Å². The van der Waals surface area contributed by atoms with E-state index in [9.17, 15) is 9.59 Å². The van der Waals surface area contributed by atoms with Gasteiger partial charge in [0.25, 0.3) is 0 Å². The van der Waals surface area contributed by atoms with Gasteiger partial charge >= 0.3 is 5.97 Å².